The van der Waals surface area contributed by atoms with Gasteiger partial charge in [-0.05, 0) is 19.8 Å². The van der Waals surface area contributed by atoms with Gasteiger partial charge in [-0.2, -0.15) is 5.26 Å². The highest BCUT2D eigenvalue weighted by atomic mass is 32.1. The van der Waals surface area contributed by atoms with Crippen molar-refractivity contribution >= 4 is 23.0 Å². The van der Waals surface area contributed by atoms with E-state index in [2.05, 4.69) is 10.3 Å². The molecule has 2 aromatic rings. The molecule has 5 nitrogen and oxygen atoms in total. The number of amides is 1. The van der Waals surface area contributed by atoms with Gasteiger partial charge >= 0.3 is 0 Å². The molecule has 1 aromatic heterocycles. The van der Waals surface area contributed by atoms with Gasteiger partial charge in [-0.25, -0.2) is 4.98 Å². The van der Waals surface area contributed by atoms with Crippen LogP contribution in [0.15, 0.2) is 29.6 Å². The van der Waals surface area contributed by atoms with E-state index in [0.717, 1.165) is 36.8 Å². The topological polar surface area (TPSA) is 82.8 Å². The Labute approximate surface area is 157 Å². The van der Waals surface area contributed by atoms with E-state index in [0.29, 0.717) is 5.01 Å². The van der Waals surface area contributed by atoms with Gasteiger partial charge in [0.1, 0.15) is 10.7 Å². The summed E-state index contributed by atoms with van der Waals surface area (Å²) in [6, 6.07) is 9.77. The van der Waals surface area contributed by atoms with Crippen LogP contribution in [0.4, 0.5) is 0 Å². The molecular weight excluding hydrogens is 346 g/mol. The number of nitrogens with zero attached hydrogens (tertiary/aromatic N) is 2. The molecule has 1 unspecified atom stereocenters. The number of hydrogen-bond acceptors (Lipinski definition) is 5. The molecule has 1 heterocycles. The van der Waals surface area contributed by atoms with Crippen LogP contribution in [0, 0.1) is 24.2 Å². The van der Waals surface area contributed by atoms with E-state index in [1.807, 2.05) is 37.3 Å². The molecule has 1 amide bonds. The molecule has 134 valence electrons. The van der Waals surface area contributed by atoms with Crippen molar-refractivity contribution in [1.29, 1.82) is 5.26 Å². The Morgan fingerprint density at radius 1 is 1.23 bits per heavy atom. The second-order valence-corrected chi connectivity index (χ2v) is 7.53. The molecule has 1 aromatic carbocycles. The SMILES string of the molecule is Cc1ccc(-c2nc(C(=O)C(C#N)C(=O)NC3CCCCC3)cs2)cc1. The van der Waals surface area contributed by atoms with Crippen molar-refractivity contribution in [3.63, 3.8) is 0 Å². The Morgan fingerprint density at radius 2 is 1.92 bits per heavy atom. The fraction of sp³-hybridized carbons (Fsp3) is 0.400. The highest BCUT2D eigenvalue weighted by Gasteiger charge is 2.31. The molecule has 1 saturated carbocycles. The van der Waals surface area contributed by atoms with Crippen molar-refractivity contribution in [3.8, 4) is 16.6 Å². The number of rotatable bonds is 5. The molecular formula is C20H21N3O2S. The first-order valence-electron chi connectivity index (χ1n) is 8.85. The Morgan fingerprint density at radius 3 is 2.58 bits per heavy atom. The molecule has 0 spiro atoms. The lowest BCUT2D eigenvalue weighted by Crippen LogP contribution is -2.42. The summed E-state index contributed by atoms with van der Waals surface area (Å²) in [7, 11) is 0. The highest BCUT2D eigenvalue weighted by molar-refractivity contribution is 7.13. The average Bonchev–Trinajstić information content (AvgIpc) is 3.14. The first kappa shape index (κ1) is 18.3. The quantitative estimate of drug-likeness (QED) is 0.642. The maximum absolute atomic E-state index is 12.6. The fourth-order valence-electron chi connectivity index (χ4n) is 3.13. The van der Waals surface area contributed by atoms with Gasteiger partial charge in [-0.1, -0.05) is 49.1 Å². The van der Waals surface area contributed by atoms with E-state index in [1.54, 1.807) is 5.38 Å². The standard InChI is InChI=1S/C20H21N3O2S/c1-13-7-9-14(10-8-13)20-23-17(12-26-20)18(24)16(11-21)19(25)22-15-5-3-2-4-6-15/h7-10,12,15-16H,2-6H2,1H3,(H,22,25). The summed E-state index contributed by atoms with van der Waals surface area (Å²) >= 11 is 1.34. The summed E-state index contributed by atoms with van der Waals surface area (Å²) in [5, 5.41) is 14.5. The van der Waals surface area contributed by atoms with Gasteiger partial charge in [0.15, 0.2) is 5.92 Å². The Balaban J connectivity index is 1.71. The van der Waals surface area contributed by atoms with Crippen LogP contribution >= 0.6 is 11.3 Å². The lowest BCUT2D eigenvalue weighted by Gasteiger charge is -2.23. The molecule has 0 saturated heterocycles. The Hall–Kier alpha value is -2.52. The van der Waals surface area contributed by atoms with Crippen LogP contribution in [0.25, 0.3) is 10.6 Å². The number of benzene rings is 1. The number of carbonyl (C=O) groups excluding carboxylic acids is 2. The molecule has 0 radical (unpaired) electrons. The molecule has 1 aliphatic carbocycles. The minimum Gasteiger partial charge on any atom is -0.352 e. The summed E-state index contributed by atoms with van der Waals surface area (Å²) in [6.07, 6.45) is 5.14. The number of aromatic nitrogens is 1. The first-order valence-corrected chi connectivity index (χ1v) is 9.73. The molecule has 0 bridgehead atoms. The van der Waals surface area contributed by atoms with Gasteiger partial charge in [0.25, 0.3) is 0 Å². The number of nitriles is 1. The number of carbonyl (C=O) groups is 2. The number of aryl methyl sites for hydroxylation is 1. The van der Waals surface area contributed by atoms with Gasteiger partial charge in [-0.3, -0.25) is 9.59 Å². The highest BCUT2D eigenvalue weighted by Crippen LogP contribution is 2.25. The second kappa shape index (κ2) is 8.24. The zero-order chi connectivity index (χ0) is 18.5. The van der Waals surface area contributed by atoms with Crippen LogP contribution in [-0.2, 0) is 4.79 Å². The molecule has 1 atom stereocenters. The van der Waals surface area contributed by atoms with Crippen LogP contribution in [0.5, 0.6) is 0 Å². The summed E-state index contributed by atoms with van der Waals surface area (Å²) in [5.41, 5.74) is 2.24. The largest absolute Gasteiger partial charge is 0.352 e. The van der Waals surface area contributed by atoms with Crippen molar-refractivity contribution in [1.82, 2.24) is 10.3 Å². The number of ketones is 1. The van der Waals surface area contributed by atoms with Crippen molar-refractivity contribution in [2.24, 2.45) is 5.92 Å². The minimum atomic E-state index is -1.34. The van der Waals surface area contributed by atoms with Crippen molar-refractivity contribution < 1.29 is 9.59 Å². The minimum absolute atomic E-state index is 0.0680. The third kappa shape index (κ3) is 4.17. The van der Waals surface area contributed by atoms with Crippen molar-refractivity contribution in [2.75, 3.05) is 0 Å². The summed E-state index contributed by atoms with van der Waals surface area (Å²) in [5.74, 6) is -2.38. The fourth-order valence-corrected chi connectivity index (χ4v) is 3.95. The number of nitrogens with one attached hydrogen (secondary N) is 1. The maximum Gasteiger partial charge on any atom is 0.245 e. The predicted molar refractivity (Wildman–Crippen MR) is 101 cm³/mol. The lowest BCUT2D eigenvalue weighted by atomic mass is 9.94. The van der Waals surface area contributed by atoms with Crippen LogP contribution in [0.3, 0.4) is 0 Å². The van der Waals surface area contributed by atoms with Gasteiger partial charge in [-0.15, -0.1) is 11.3 Å². The molecule has 1 aliphatic rings. The van der Waals surface area contributed by atoms with Crippen LogP contribution in [0.1, 0.15) is 48.2 Å². The van der Waals surface area contributed by atoms with Crippen molar-refractivity contribution in [3.05, 3.63) is 40.9 Å². The van der Waals surface area contributed by atoms with Gasteiger partial charge < -0.3 is 5.32 Å². The second-order valence-electron chi connectivity index (χ2n) is 6.67. The van der Waals surface area contributed by atoms with Crippen LogP contribution < -0.4 is 5.32 Å². The summed E-state index contributed by atoms with van der Waals surface area (Å²) in [6.45, 7) is 2.00. The molecule has 3 rings (SSSR count). The molecule has 26 heavy (non-hydrogen) atoms. The smallest absolute Gasteiger partial charge is 0.245 e. The van der Waals surface area contributed by atoms with Crippen LogP contribution in [-0.4, -0.2) is 22.7 Å². The Kier molecular flexibility index (Phi) is 5.79. The first-order chi connectivity index (χ1) is 12.6. The molecule has 1 fully saturated rings. The summed E-state index contributed by atoms with van der Waals surface area (Å²) < 4.78 is 0. The molecule has 1 N–H and O–H groups in total. The number of thiazole rings is 1. The predicted octanol–water partition coefficient (Wildman–Crippen LogP) is 3.89. The van der Waals surface area contributed by atoms with E-state index in [-0.39, 0.29) is 11.7 Å². The lowest BCUT2D eigenvalue weighted by molar-refractivity contribution is -0.123. The molecule has 6 heteroatoms. The van der Waals surface area contributed by atoms with Gasteiger partial charge in [0, 0.05) is 17.0 Å². The number of Topliss-reactive ketones (excluding diaryl/α,β-unsaturated/α-hetero) is 1. The summed E-state index contributed by atoms with van der Waals surface area (Å²) in [4.78, 5) is 29.4. The monoisotopic (exact) mass is 367 g/mol. The van der Waals surface area contributed by atoms with E-state index in [9.17, 15) is 14.9 Å². The normalized spacial score (nSPS) is 15.8. The third-order valence-corrected chi connectivity index (χ3v) is 5.55. The van der Waals surface area contributed by atoms with E-state index >= 15 is 0 Å². The van der Waals surface area contributed by atoms with Crippen molar-refractivity contribution in [2.45, 2.75) is 45.1 Å². The maximum atomic E-state index is 12.6. The zero-order valence-corrected chi connectivity index (χ0v) is 15.5. The Bertz CT molecular complexity index is 829. The zero-order valence-electron chi connectivity index (χ0n) is 14.7. The average molecular weight is 367 g/mol. The van der Waals surface area contributed by atoms with Crippen LogP contribution in [0.2, 0.25) is 0 Å². The number of hydrogen-bond donors (Lipinski definition) is 1. The van der Waals surface area contributed by atoms with Gasteiger partial charge in [0.2, 0.25) is 11.7 Å². The molecule has 0 aliphatic heterocycles. The van der Waals surface area contributed by atoms with E-state index in [4.69, 9.17) is 0 Å². The van der Waals surface area contributed by atoms with E-state index < -0.39 is 17.6 Å². The third-order valence-electron chi connectivity index (χ3n) is 4.66. The van der Waals surface area contributed by atoms with Gasteiger partial charge in [0.05, 0.1) is 6.07 Å². The van der Waals surface area contributed by atoms with E-state index in [1.165, 1.54) is 17.8 Å².